The van der Waals surface area contributed by atoms with Crippen molar-refractivity contribution >= 4 is 32.2 Å². The number of thiazole rings is 1. The maximum absolute atomic E-state index is 12.3. The Labute approximate surface area is 158 Å². The maximum Gasteiger partial charge on any atom is 0.257 e. The van der Waals surface area contributed by atoms with Crippen LogP contribution in [0, 0.1) is 5.92 Å². The van der Waals surface area contributed by atoms with E-state index in [2.05, 4.69) is 22.1 Å². The fraction of sp³-hybridized carbons (Fsp3) is 0.444. The largest absolute Gasteiger partial charge is 0.298 e. The Kier molecular flexibility index (Phi) is 5.74. The van der Waals surface area contributed by atoms with Gasteiger partial charge < -0.3 is 0 Å². The average molecular weight is 394 g/mol. The number of anilines is 1. The van der Waals surface area contributed by atoms with Gasteiger partial charge in [-0.25, -0.2) is 13.4 Å². The molecule has 26 heavy (non-hydrogen) atoms. The fourth-order valence-corrected chi connectivity index (χ4v) is 4.24. The predicted octanol–water partition coefficient (Wildman–Crippen LogP) is 3.03. The van der Waals surface area contributed by atoms with Crippen molar-refractivity contribution in [3.63, 3.8) is 0 Å². The van der Waals surface area contributed by atoms with Gasteiger partial charge in [0.15, 0.2) is 15.0 Å². The number of sulfone groups is 1. The van der Waals surface area contributed by atoms with Gasteiger partial charge in [0.2, 0.25) is 0 Å². The number of rotatable bonds is 5. The highest BCUT2D eigenvalue weighted by molar-refractivity contribution is 7.90. The van der Waals surface area contributed by atoms with Crippen LogP contribution < -0.4 is 5.32 Å². The van der Waals surface area contributed by atoms with Crippen molar-refractivity contribution in [2.45, 2.75) is 31.2 Å². The summed E-state index contributed by atoms with van der Waals surface area (Å²) in [6.45, 7) is 5.28. The van der Waals surface area contributed by atoms with Crippen molar-refractivity contribution in [2.75, 3.05) is 24.7 Å². The molecule has 1 saturated heterocycles. The van der Waals surface area contributed by atoms with Gasteiger partial charge in [-0.2, -0.15) is 0 Å². The van der Waals surface area contributed by atoms with Crippen LogP contribution in [0.4, 0.5) is 5.13 Å². The molecule has 0 bridgehead atoms. The Morgan fingerprint density at radius 2 is 1.92 bits per heavy atom. The zero-order valence-electron chi connectivity index (χ0n) is 14.9. The minimum Gasteiger partial charge on any atom is -0.298 e. The lowest BCUT2D eigenvalue weighted by molar-refractivity contribution is 0.102. The van der Waals surface area contributed by atoms with E-state index in [0.29, 0.717) is 10.7 Å². The lowest BCUT2D eigenvalue weighted by Crippen LogP contribution is -2.32. The summed E-state index contributed by atoms with van der Waals surface area (Å²) >= 11 is 1.40. The molecule has 0 radical (unpaired) electrons. The molecular weight excluding hydrogens is 370 g/mol. The monoisotopic (exact) mass is 393 g/mol. The first-order chi connectivity index (χ1) is 12.3. The number of aromatic nitrogens is 1. The summed E-state index contributed by atoms with van der Waals surface area (Å²) in [6, 6.07) is 5.90. The summed E-state index contributed by atoms with van der Waals surface area (Å²) in [7, 11) is -3.27. The molecule has 0 aliphatic carbocycles. The first-order valence-corrected chi connectivity index (χ1v) is 11.4. The van der Waals surface area contributed by atoms with Crippen molar-refractivity contribution in [3.8, 4) is 0 Å². The molecule has 0 saturated carbocycles. The highest BCUT2D eigenvalue weighted by Crippen LogP contribution is 2.21. The topological polar surface area (TPSA) is 79.4 Å². The maximum atomic E-state index is 12.3. The van der Waals surface area contributed by atoms with Crippen LogP contribution in [0.1, 0.15) is 35.8 Å². The Morgan fingerprint density at radius 3 is 2.54 bits per heavy atom. The van der Waals surface area contributed by atoms with Crippen molar-refractivity contribution < 1.29 is 13.2 Å². The number of nitrogens with zero attached hydrogens (tertiary/aromatic N) is 2. The Hall–Kier alpha value is -1.77. The molecule has 140 valence electrons. The van der Waals surface area contributed by atoms with E-state index in [1.54, 1.807) is 0 Å². The summed E-state index contributed by atoms with van der Waals surface area (Å²) in [4.78, 5) is 19.4. The SMILES string of the molecule is CC1CCN(Cc2csc(NC(=O)c3ccc(S(C)(=O)=O)cc3)n2)CC1. The zero-order valence-corrected chi connectivity index (χ0v) is 16.6. The summed E-state index contributed by atoms with van der Waals surface area (Å²) in [5, 5.41) is 5.31. The number of carbonyl (C=O) groups is 1. The molecule has 6 nitrogen and oxygen atoms in total. The van der Waals surface area contributed by atoms with Crippen LogP contribution in [-0.2, 0) is 16.4 Å². The number of carbonyl (C=O) groups excluding carboxylic acids is 1. The highest BCUT2D eigenvalue weighted by atomic mass is 32.2. The molecule has 1 aliphatic heterocycles. The molecular formula is C18H23N3O3S2. The van der Waals surface area contributed by atoms with Gasteiger partial charge in [0, 0.05) is 23.7 Å². The summed E-state index contributed by atoms with van der Waals surface area (Å²) in [5.41, 5.74) is 1.37. The third-order valence-corrected chi connectivity index (χ3v) is 6.51. The van der Waals surface area contributed by atoms with Gasteiger partial charge in [-0.3, -0.25) is 15.0 Å². The minimum atomic E-state index is -3.27. The fourth-order valence-electron chi connectivity index (χ4n) is 2.91. The molecule has 2 heterocycles. The van der Waals surface area contributed by atoms with Crippen molar-refractivity contribution in [1.82, 2.24) is 9.88 Å². The van der Waals surface area contributed by atoms with Gasteiger partial charge >= 0.3 is 0 Å². The summed E-state index contributed by atoms with van der Waals surface area (Å²) < 4.78 is 23.0. The molecule has 1 aliphatic rings. The Balaban J connectivity index is 1.59. The molecule has 0 unspecified atom stereocenters. The van der Waals surface area contributed by atoms with Gasteiger partial charge in [0.05, 0.1) is 10.6 Å². The molecule has 1 amide bonds. The normalized spacial score (nSPS) is 16.5. The smallest absolute Gasteiger partial charge is 0.257 e. The summed E-state index contributed by atoms with van der Waals surface area (Å²) in [6.07, 6.45) is 3.58. The Bertz CT molecular complexity index is 867. The lowest BCUT2D eigenvalue weighted by atomic mass is 9.99. The molecule has 1 aromatic carbocycles. The van der Waals surface area contributed by atoms with E-state index in [1.807, 2.05) is 5.38 Å². The number of nitrogens with one attached hydrogen (secondary N) is 1. The van der Waals surface area contributed by atoms with Crippen LogP contribution >= 0.6 is 11.3 Å². The number of likely N-dealkylation sites (tertiary alicyclic amines) is 1. The molecule has 1 aromatic heterocycles. The first-order valence-electron chi connectivity index (χ1n) is 8.59. The van der Waals surface area contributed by atoms with Crippen molar-refractivity contribution in [3.05, 3.63) is 40.9 Å². The molecule has 3 rings (SSSR count). The third kappa shape index (κ3) is 4.90. The third-order valence-electron chi connectivity index (χ3n) is 4.58. The predicted molar refractivity (Wildman–Crippen MR) is 103 cm³/mol. The van der Waals surface area contributed by atoms with E-state index in [1.165, 1.54) is 48.4 Å². The highest BCUT2D eigenvalue weighted by Gasteiger charge is 2.17. The molecule has 1 N–H and O–H groups in total. The quantitative estimate of drug-likeness (QED) is 0.845. The van der Waals surface area contributed by atoms with E-state index in [0.717, 1.165) is 37.5 Å². The molecule has 0 atom stereocenters. The standard InChI is InChI=1S/C18H23N3O3S2/c1-13-7-9-21(10-8-13)11-15-12-25-18(19-15)20-17(22)14-3-5-16(6-4-14)26(2,23)24/h3-6,12-13H,7-11H2,1-2H3,(H,19,20,22). The van der Waals surface area contributed by atoms with Crippen LogP contribution in [0.5, 0.6) is 0 Å². The second kappa shape index (κ2) is 7.85. The number of benzene rings is 1. The van der Waals surface area contributed by atoms with Crippen LogP contribution in [-0.4, -0.2) is 43.6 Å². The van der Waals surface area contributed by atoms with E-state index < -0.39 is 9.84 Å². The summed E-state index contributed by atoms with van der Waals surface area (Å²) in [5.74, 6) is 0.503. The molecule has 2 aromatic rings. The molecule has 8 heteroatoms. The zero-order chi connectivity index (χ0) is 18.7. The van der Waals surface area contributed by atoms with E-state index in [4.69, 9.17) is 0 Å². The van der Waals surface area contributed by atoms with E-state index >= 15 is 0 Å². The van der Waals surface area contributed by atoms with Crippen LogP contribution in [0.3, 0.4) is 0 Å². The van der Waals surface area contributed by atoms with Gasteiger partial charge in [-0.05, 0) is 56.1 Å². The molecule has 1 fully saturated rings. The van der Waals surface area contributed by atoms with Crippen LogP contribution in [0.2, 0.25) is 0 Å². The van der Waals surface area contributed by atoms with Crippen LogP contribution in [0.25, 0.3) is 0 Å². The van der Waals surface area contributed by atoms with E-state index in [-0.39, 0.29) is 10.8 Å². The Morgan fingerprint density at radius 1 is 1.27 bits per heavy atom. The van der Waals surface area contributed by atoms with Gasteiger partial charge in [-0.15, -0.1) is 11.3 Å². The van der Waals surface area contributed by atoms with Gasteiger partial charge in [0.25, 0.3) is 5.91 Å². The van der Waals surface area contributed by atoms with Crippen molar-refractivity contribution in [2.24, 2.45) is 5.92 Å². The van der Waals surface area contributed by atoms with E-state index in [9.17, 15) is 13.2 Å². The second-order valence-corrected chi connectivity index (χ2v) is 9.73. The van der Waals surface area contributed by atoms with Crippen molar-refractivity contribution in [1.29, 1.82) is 0 Å². The first kappa shape index (κ1) is 19.0. The van der Waals surface area contributed by atoms with Crippen LogP contribution in [0.15, 0.2) is 34.5 Å². The second-order valence-electron chi connectivity index (χ2n) is 6.85. The number of hydrogen-bond donors (Lipinski definition) is 1. The number of hydrogen-bond acceptors (Lipinski definition) is 6. The van der Waals surface area contributed by atoms with Gasteiger partial charge in [-0.1, -0.05) is 6.92 Å². The minimum absolute atomic E-state index is 0.196. The average Bonchev–Trinajstić information content (AvgIpc) is 3.03. The molecule has 0 spiro atoms. The van der Waals surface area contributed by atoms with Gasteiger partial charge in [0.1, 0.15) is 0 Å². The number of amides is 1. The number of piperidine rings is 1. The lowest BCUT2D eigenvalue weighted by Gasteiger charge is -2.29.